The minimum Gasteiger partial charge on any atom is -0.481 e. The highest BCUT2D eigenvalue weighted by molar-refractivity contribution is 5.74. The maximum Gasteiger partial charge on any atom is 0.310 e. The molecule has 1 aliphatic heterocycles. The Morgan fingerprint density at radius 1 is 1.35 bits per heavy atom. The Kier molecular flexibility index (Phi) is 3.76. The fraction of sp³-hybridized carbons (Fsp3) is 0.929. The summed E-state index contributed by atoms with van der Waals surface area (Å²) in [6.45, 7) is 5.88. The van der Waals surface area contributed by atoms with Crippen molar-refractivity contribution in [3.05, 3.63) is 0 Å². The van der Waals surface area contributed by atoms with Crippen molar-refractivity contribution in [1.82, 2.24) is 4.90 Å². The number of aliphatic carboxylic acids is 1. The molecule has 0 aromatic carbocycles. The quantitative estimate of drug-likeness (QED) is 0.823. The number of rotatable bonds is 3. The summed E-state index contributed by atoms with van der Waals surface area (Å²) in [5.41, 5.74) is -0.511. The third-order valence-electron chi connectivity index (χ3n) is 4.93. The van der Waals surface area contributed by atoms with E-state index in [1.165, 1.54) is 32.1 Å². The van der Waals surface area contributed by atoms with Gasteiger partial charge in [0.2, 0.25) is 0 Å². The number of likely N-dealkylation sites (tertiary alicyclic amines) is 1. The lowest BCUT2D eigenvalue weighted by atomic mass is 9.84. The van der Waals surface area contributed by atoms with E-state index >= 15 is 0 Å². The Hall–Kier alpha value is -0.570. The van der Waals surface area contributed by atoms with Gasteiger partial charge in [0.05, 0.1) is 5.41 Å². The molecular weight excluding hydrogens is 214 g/mol. The van der Waals surface area contributed by atoms with E-state index in [1.807, 2.05) is 6.92 Å². The highest BCUT2D eigenvalue weighted by Gasteiger charge is 2.42. The average Bonchev–Trinajstić information content (AvgIpc) is 2.74. The van der Waals surface area contributed by atoms with Crippen LogP contribution in [-0.2, 0) is 4.79 Å². The summed E-state index contributed by atoms with van der Waals surface area (Å²) in [5, 5.41) is 9.26. The number of carboxylic acid groups (broad SMARTS) is 1. The van der Waals surface area contributed by atoms with E-state index in [-0.39, 0.29) is 0 Å². The van der Waals surface area contributed by atoms with E-state index in [0.29, 0.717) is 6.04 Å². The average molecular weight is 239 g/mol. The lowest BCUT2D eigenvalue weighted by Crippen LogP contribution is -2.40. The summed E-state index contributed by atoms with van der Waals surface area (Å²) in [6, 6.07) is 0.566. The van der Waals surface area contributed by atoms with Crippen molar-refractivity contribution in [3.63, 3.8) is 0 Å². The molecule has 1 N–H and O–H groups in total. The summed E-state index contributed by atoms with van der Waals surface area (Å²) in [5.74, 6) is 0.163. The molecule has 2 fully saturated rings. The molecule has 98 valence electrons. The van der Waals surface area contributed by atoms with E-state index in [2.05, 4.69) is 11.8 Å². The van der Waals surface area contributed by atoms with Gasteiger partial charge in [0.1, 0.15) is 0 Å². The molecule has 1 aliphatic carbocycles. The molecule has 1 saturated heterocycles. The molecule has 2 rings (SSSR count). The molecule has 1 heterocycles. The second-order valence-corrected chi connectivity index (χ2v) is 6.22. The fourth-order valence-corrected chi connectivity index (χ4v) is 3.43. The molecule has 0 bridgehead atoms. The zero-order valence-corrected chi connectivity index (χ0v) is 11.1. The summed E-state index contributed by atoms with van der Waals surface area (Å²) < 4.78 is 0. The van der Waals surface area contributed by atoms with Crippen molar-refractivity contribution >= 4 is 5.97 Å². The number of hydrogen-bond acceptors (Lipinski definition) is 2. The van der Waals surface area contributed by atoms with Gasteiger partial charge in [-0.2, -0.15) is 0 Å². The molecular formula is C14H25NO2. The summed E-state index contributed by atoms with van der Waals surface area (Å²) in [6.07, 6.45) is 7.58. The van der Waals surface area contributed by atoms with Crippen LogP contribution in [0, 0.1) is 11.3 Å². The second kappa shape index (κ2) is 4.97. The van der Waals surface area contributed by atoms with Crippen LogP contribution in [0.2, 0.25) is 0 Å². The molecule has 2 aliphatic rings. The summed E-state index contributed by atoms with van der Waals surface area (Å²) in [7, 11) is 0. The van der Waals surface area contributed by atoms with E-state index < -0.39 is 11.4 Å². The lowest BCUT2D eigenvalue weighted by Gasteiger charge is -2.34. The van der Waals surface area contributed by atoms with Crippen LogP contribution in [0.4, 0.5) is 0 Å². The molecule has 17 heavy (non-hydrogen) atoms. The van der Waals surface area contributed by atoms with Gasteiger partial charge in [-0.3, -0.25) is 9.69 Å². The first kappa shape index (κ1) is 12.9. The fourth-order valence-electron chi connectivity index (χ4n) is 3.43. The second-order valence-electron chi connectivity index (χ2n) is 6.22. The normalized spacial score (nSPS) is 33.8. The molecule has 0 radical (unpaired) electrons. The minimum atomic E-state index is -0.629. The highest BCUT2D eigenvalue weighted by Crippen LogP contribution is 2.35. The number of carboxylic acids is 1. The van der Waals surface area contributed by atoms with Gasteiger partial charge in [0.25, 0.3) is 0 Å². The third-order valence-corrected chi connectivity index (χ3v) is 4.93. The molecule has 2 atom stereocenters. The summed E-state index contributed by atoms with van der Waals surface area (Å²) >= 11 is 0. The molecule has 3 heteroatoms. The van der Waals surface area contributed by atoms with Crippen molar-refractivity contribution in [2.24, 2.45) is 11.3 Å². The molecule has 0 spiro atoms. The smallest absolute Gasteiger partial charge is 0.310 e. The van der Waals surface area contributed by atoms with Crippen LogP contribution >= 0.6 is 0 Å². The van der Waals surface area contributed by atoms with Gasteiger partial charge in [-0.1, -0.05) is 19.3 Å². The largest absolute Gasteiger partial charge is 0.481 e. The maximum atomic E-state index is 11.2. The van der Waals surface area contributed by atoms with Gasteiger partial charge >= 0.3 is 5.97 Å². The first-order chi connectivity index (χ1) is 8.03. The first-order valence-corrected chi connectivity index (χ1v) is 7.00. The van der Waals surface area contributed by atoms with Crippen LogP contribution in [0.15, 0.2) is 0 Å². The van der Waals surface area contributed by atoms with Crippen molar-refractivity contribution in [2.45, 2.75) is 58.4 Å². The Morgan fingerprint density at radius 2 is 2.00 bits per heavy atom. The Bertz CT molecular complexity index is 286. The van der Waals surface area contributed by atoms with E-state index in [1.54, 1.807) is 0 Å². The van der Waals surface area contributed by atoms with E-state index in [0.717, 1.165) is 25.4 Å². The topological polar surface area (TPSA) is 40.5 Å². The molecule has 1 saturated carbocycles. The van der Waals surface area contributed by atoms with Gasteiger partial charge in [-0.25, -0.2) is 0 Å². The molecule has 0 amide bonds. The van der Waals surface area contributed by atoms with Crippen LogP contribution in [0.5, 0.6) is 0 Å². The van der Waals surface area contributed by atoms with Gasteiger partial charge < -0.3 is 5.11 Å². The Labute approximate surface area is 104 Å². The molecule has 0 aromatic rings. The third kappa shape index (κ3) is 2.65. The van der Waals surface area contributed by atoms with Crippen molar-refractivity contribution in [1.29, 1.82) is 0 Å². The van der Waals surface area contributed by atoms with Crippen LogP contribution in [0.25, 0.3) is 0 Å². The molecule has 2 unspecified atom stereocenters. The van der Waals surface area contributed by atoms with Crippen molar-refractivity contribution < 1.29 is 9.90 Å². The van der Waals surface area contributed by atoms with Gasteiger partial charge in [-0.15, -0.1) is 0 Å². The first-order valence-electron chi connectivity index (χ1n) is 7.00. The monoisotopic (exact) mass is 239 g/mol. The number of nitrogens with zero attached hydrogens (tertiary/aromatic N) is 1. The maximum absolute atomic E-state index is 11.2. The van der Waals surface area contributed by atoms with Crippen molar-refractivity contribution in [3.8, 4) is 0 Å². The SMILES string of the molecule is CC(C1CCCCC1)N1CCC(C)(C(=O)O)C1. The highest BCUT2D eigenvalue weighted by atomic mass is 16.4. The van der Waals surface area contributed by atoms with Gasteiger partial charge in [0.15, 0.2) is 0 Å². The zero-order chi connectivity index (χ0) is 12.5. The van der Waals surface area contributed by atoms with Crippen molar-refractivity contribution in [2.75, 3.05) is 13.1 Å². The van der Waals surface area contributed by atoms with Gasteiger partial charge in [0, 0.05) is 12.6 Å². The molecule has 0 aromatic heterocycles. The predicted molar refractivity (Wildman–Crippen MR) is 68.0 cm³/mol. The van der Waals surface area contributed by atoms with Crippen LogP contribution in [-0.4, -0.2) is 35.1 Å². The van der Waals surface area contributed by atoms with Gasteiger partial charge in [-0.05, 0) is 45.6 Å². The van der Waals surface area contributed by atoms with Crippen LogP contribution in [0.1, 0.15) is 52.4 Å². The predicted octanol–water partition coefficient (Wildman–Crippen LogP) is 2.75. The number of hydrogen-bond donors (Lipinski definition) is 1. The van der Waals surface area contributed by atoms with E-state index in [9.17, 15) is 9.90 Å². The summed E-state index contributed by atoms with van der Waals surface area (Å²) in [4.78, 5) is 13.6. The number of carbonyl (C=O) groups is 1. The zero-order valence-electron chi connectivity index (χ0n) is 11.1. The Balaban J connectivity index is 1.93. The Morgan fingerprint density at radius 3 is 2.53 bits per heavy atom. The van der Waals surface area contributed by atoms with Crippen LogP contribution in [0.3, 0.4) is 0 Å². The standard InChI is InChI=1S/C14H25NO2/c1-11(12-6-4-3-5-7-12)15-9-8-14(2,10-15)13(16)17/h11-12H,3-10H2,1-2H3,(H,16,17). The lowest BCUT2D eigenvalue weighted by molar-refractivity contribution is -0.147. The van der Waals surface area contributed by atoms with E-state index in [4.69, 9.17) is 0 Å². The van der Waals surface area contributed by atoms with Crippen LogP contribution < -0.4 is 0 Å². The minimum absolute atomic E-state index is 0.511. The molecule has 3 nitrogen and oxygen atoms in total.